The van der Waals surface area contributed by atoms with Gasteiger partial charge in [-0.25, -0.2) is 4.79 Å². The van der Waals surface area contributed by atoms with Gasteiger partial charge in [-0.1, -0.05) is 18.2 Å². The molecule has 0 fully saturated rings. The number of Topliss-reactive ketones (excluding diaryl/α,β-unsaturated/α-hetero) is 1. The van der Waals surface area contributed by atoms with E-state index in [0.29, 0.717) is 28.6 Å². The highest BCUT2D eigenvalue weighted by molar-refractivity contribution is 5.98. The minimum absolute atomic E-state index is 0.123. The summed E-state index contributed by atoms with van der Waals surface area (Å²) in [5, 5.41) is 0. The lowest BCUT2D eigenvalue weighted by Gasteiger charge is -2.11. The quantitative estimate of drug-likeness (QED) is 0.510. The molecule has 7 nitrogen and oxygen atoms in total. The Morgan fingerprint density at radius 1 is 1.04 bits per heavy atom. The van der Waals surface area contributed by atoms with E-state index in [4.69, 9.17) is 23.7 Å². The fourth-order valence-corrected chi connectivity index (χ4v) is 2.58. The number of ether oxygens (including phenoxy) is 5. The molecular weight excluding hydrogens is 364 g/mol. The Balaban J connectivity index is 1.51. The largest absolute Gasteiger partial charge is 0.493 e. The SMILES string of the molecule is C/C=C\c1ccc(OCC(=O)OCC(=O)c2ccc3c(c2)OCO3)c(OC)c1. The molecule has 1 aliphatic heterocycles. The van der Waals surface area contributed by atoms with Crippen molar-refractivity contribution in [3.05, 3.63) is 53.6 Å². The first-order chi connectivity index (χ1) is 13.6. The van der Waals surface area contributed by atoms with E-state index in [1.807, 2.05) is 25.1 Å². The van der Waals surface area contributed by atoms with Crippen LogP contribution in [0.4, 0.5) is 0 Å². The summed E-state index contributed by atoms with van der Waals surface area (Å²) >= 11 is 0. The molecule has 2 aromatic carbocycles. The number of carbonyl (C=O) groups excluding carboxylic acids is 2. The summed E-state index contributed by atoms with van der Waals surface area (Å²) in [4.78, 5) is 24.1. The minimum Gasteiger partial charge on any atom is -0.493 e. The Labute approximate surface area is 162 Å². The van der Waals surface area contributed by atoms with Crippen LogP contribution in [-0.4, -0.2) is 38.9 Å². The van der Waals surface area contributed by atoms with Gasteiger partial charge >= 0.3 is 5.97 Å². The van der Waals surface area contributed by atoms with Crippen molar-refractivity contribution >= 4 is 17.8 Å². The Hall–Kier alpha value is -3.48. The number of esters is 1. The van der Waals surface area contributed by atoms with Crippen LogP contribution in [0, 0.1) is 0 Å². The molecule has 0 amide bonds. The Kier molecular flexibility index (Phi) is 6.16. The van der Waals surface area contributed by atoms with Crippen LogP contribution in [0.2, 0.25) is 0 Å². The second-order valence-electron chi connectivity index (χ2n) is 5.85. The number of allylic oxidation sites excluding steroid dienone is 1. The van der Waals surface area contributed by atoms with Gasteiger partial charge in [0.1, 0.15) is 0 Å². The van der Waals surface area contributed by atoms with E-state index >= 15 is 0 Å². The summed E-state index contributed by atoms with van der Waals surface area (Å²) in [6.07, 6.45) is 3.83. The van der Waals surface area contributed by atoms with Crippen LogP contribution in [0.25, 0.3) is 6.08 Å². The number of fused-ring (bicyclic) bond motifs is 1. The van der Waals surface area contributed by atoms with E-state index in [2.05, 4.69) is 0 Å². The number of benzene rings is 2. The summed E-state index contributed by atoms with van der Waals surface area (Å²) in [5.41, 5.74) is 1.32. The predicted molar refractivity (Wildman–Crippen MR) is 101 cm³/mol. The molecule has 3 rings (SSSR count). The molecule has 0 aliphatic carbocycles. The molecule has 0 radical (unpaired) electrons. The van der Waals surface area contributed by atoms with Crippen LogP contribution in [0.1, 0.15) is 22.8 Å². The van der Waals surface area contributed by atoms with Gasteiger partial charge < -0.3 is 23.7 Å². The van der Waals surface area contributed by atoms with Gasteiger partial charge in [0.05, 0.1) is 7.11 Å². The van der Waals surface area contributed by atoms with Crippen LogP contribution in [0.15, 0.2) is 42.5 Å². The van der Waals surface area contributed by atoms with Gasteiger partial charge in [-0.2, -0.15) is 0 Å². The average Bonchev–Trinajstić information content (AvgIpc) is 3.19. The average molecular weight is 384 g/mol. The molecular formula is C21H20O7. The van der Waals surface area contributed by atoms with Gasteiger partial charge in [0.2, 0.25) is 6.79 Å². The highest BCUT2D eigenvalue weighted by atomic mass is 16.7. The highest BCUT2D eigenvalue weighted by Gasteiger charge is 2.17. The maximum atomic E-state index is 12.2. The third kappa shape index (κ3) is 4.62. The summed E-state index contributed by atoms with van der Waals surface area (Å²) in [7, 11) is 1.52. The van der Waals surface area contributed by atoms with Crippen molar-refractivity contribution in [2.45, 2.75) is 6.92 Å². The number of methoxy groups -OCH3 is 1. The second-order valence-corrected chi connectivity index (χ2v) is 5.85. The topological polar surface area (TPSA) is 80.3 Å². The molecule has 0 saturated heterocycles. The van der Waals surface area contributed by atoms with Crippen LogP contribution in [0.5, 0.6) is 23.0 Å². The monoisotopic (exact) mass is 384 g/mol. The zero-order chi connectivity index (χ0) is 19.9. The van der Waals surface area contributed by atoms with Crippen LogP contribution in [0.3, 0.4) is 0 Å². The molecule has 0 spiro atoms. The van der Waals surface area contributed by atoms with Crippen molar-refractivity contribution in [3.8, 4) is 23.0 Å². The first-order valence-electron chi connectivity index (χ1n) is 8.62. The molecule has 0 saturated carbocycles. The molecule has 1 heterocycles. The lowest BCUT2D eigenvalue weighted by Crippen LogP contribution is -2.19. The lowest BCUT2D eigenvalue weighted by atomic mass is 10.1. The van der Waals surface area contributed by atoms with Crippen LogP contribution >= 0.6 is 0 Å². The summed E-state index contributed by atoms with van der Waals surface area (Å²) in [5.74, 6) is 0.980. The summed E-state index contributed by atoms with van der Waals surface area (Å²) in [6.45, 7) is 1.31. The summed E-state index contributed by atoms with van der Waals surface area (Å²) < 4.78 is 26.1. The molecule has 2 aromatic rings. The molecule has 0 aromatic heterocycles. The third-order valence-electron chi connectivity index (χ3n) is 3.95. The Morgan fingerprint density at radius 3 is 2.64 bits per heavy atom. The van der Waals surface area contributed by atoms with Crippen molar-refractivity contribution in [3.63, 3.8) is 0 Å². The smallest absolute Gasteiger partial charge is 0.344 e. The fourth-order valence-electron chi connectivity index (χ4n) is 2.58. The van der Waals surface area contributed by atoms with Gasteiger partial charge in [0, 0.05) is 5.56 Å². The molecule has 0 N–H and O–H groups in total. The molecule has 0 unspecified atom stereocenters. The van der Waals surface area contributed by atoms with Gasteiger partial charge in [-0.15, -0.1) is 0 Å². The number of ketones is 1. The van der Waals surface area contributed by atoms with Crippen LogP contribution < -0.4 is 18.9 Å². The third-order valence-corrected chi connectivity index (χ3v) is 3.95. The predicted octanol–water partition coefficient (Wildman–Crippen LogP) is 3.26. The van der Waals surface area contributed by atoms with Crippen molar-refractivity contribution in [1.29, 1.82) is 0 Å². The Bertz CT molecular complexity index is 902. The number of hydrogen-bond acceptors (Lipinski definition) is 7. The van der Waals surface area contributed by atoms with E-state index in [0.717, 1.165) is 5.56 Å². The van der Waals surface area contributed by atoms with Gasteiger partial charge in [0.15, 0.2) is 42.0 Å². The van der Waals surface area contributed by atoms with E-state index in [9.17, 15) is 9.59 Å². The van der Waals surface area contributed by atoms with E-state index in [1.165, 1.54) is 7.11 Å². The molecule has 0 atom stereocenters. The zero-order valence-electron chi connectivity index (χ0n) is 15.6. The normalized spacial score (nSPS) is 12.1. The zero-order valence-corrected chi connectivity index (χ0v) is 15.6. The van der Waals surface area contributed by atoms with Gasteiger partial charge in [-0.05, 0) is 42.8 Å². The molecule has 146 valence electrons. The standard InChI is InChI=1S/C21H20O7/c1-3-4-14-5-7-17(19(9-14)24-2)25-12-21(23)26-11-16(22)15-6-8-18-20(10-15)28-13-27-18/h3-10H,11-13H2,1-2H3/b4-3-. The first kappa shape index (κ1) is 19.3. The second kappa shape index (κ2) is 8.94. The molecule has 28 heavy (non-hydrogen) atoms. The Morgan fingerprint density at radius 2 is 1.86 bits per heavy atom. The van der Waals surface area contributed by atoms with E-state index in [1.54, 1.807) is 30.3 Å². The maximum Gasteiger partial charge on any atom is 0.344 e. The molecule has 7 heteroatoms. The van der Waals surface area contributed by atoms with Crippen molar-refractivity contribution < 1.29 is 33.3 Å². The van der Waals surface area contributed by atoms with E-state index < -0.39 is 5.97 Å². The minimum atomic E-state index is -0.659. The van der Waals surface area contributed by atoms with E-state index in [-0.39, 0.29) is 25.8 Å². The fraction of sp³-hybridized carbons (Fsp3) is 0.238. The highest BCUT2D eigenvalue weighted by Crippen LogP contribution is 2.32. The number of rotatable bonds is 8. The maximum absolute atomic E-state index is 12.2. The van der Waals surface area contributed by atoms with Gasteiger partial charge in [0.25, 0.3) is 0 Å². The van der Waals surface area contributed by atoms with Crippen molar-refractivity contribution in [1.82, 2.24) is 0 Å². The molecule has 0 bridgehead atoms. The molecule has 1 aliphatic rings. The van der Waals surface area contributed by atoms with Gasteiger partial charge in [-0.3, -0.25) is 4.79 Å². The number of carbonyl (C=O) groups is 2. The van der Waals surface area contributed by atoms with Crippen molar-refractivity contribution in [2.75, 3.05) is 27.1 Å². The summed E-state index contributed by atoms with van der Waals surface area (Å²) in [6, 6.07) is 10.1. The van der Waals surface area contributed by atoms with Crippen LogP contribution in [-0.2, 0) is 9.53 Å². The first-order valence-corrected chi connectivity index (χ1v) is 8.62. The number of hydrogen-bond donors (Lipinski definition) is 0. The lowest BCUT2D eigenvalue weighted by molar-refractivity contribution is -0.144. The van der Waals surface area contributed by atoms with Crippen molar-refractivity contribution in [2.24, 2.45) is 0 Å².